The molecular formula is C19H22N2O4S. The van der Waals surface area contributed by atoms with Gasteiger partial charge in [0.15, 0.2) is 0 Å². The second-order valence-electron chi connectivity index (χ2n) is 6.28. The van der Waals surface area contributed by atoms with Gasteiger partial charge in [-0.05, 0) is 49.2 Å². The molecule has 0 radical (unpaired) electrons. The molecule has 2 aromatic rings. The zero-order valence-corrected chi connectivity index (χ0v) is 15.4. The highest BCUT2D eigenvalue weighted by atomic mass is 32.2. The van der Waals surface area contributed by atoms with E-state index in [2.05, 4.69) is 10.0 Å². The van der Waals surface area contributed by atoms with Gasteiger partial charge < -0.3 is 10.1 Å². The molecule has 0 bridgehead atoms. The topological polar surface area (TPSA) is 84.5 Å². The molecule has 1 amide bonds. The Hall–Kier alpha value is -2.54. The van der Waals surface area contributed by atoms with Gasteiger partial charge in [-0.3, -0.25) is 9.52 Å². The van der Waals surface area contributed by atoms with Gasteiger partial charge in [-0.2, -0.15) is 0 Å². The zero-order chi connectivity index (χ0) is 18.6. The molecule has 0 spiro atoms. The standard InChI is InChI=1S/C19H22N2O4S/c1-2-26(23,24)21-17-9-7-15(8-10-17)19(22)20-12-14-11-16-5-3-4-6-18(16)25-13-14/h3-10,14,21H,2,11-13H2,1H3,(H,20,22). The molecule has 0 fully saturated rings. The first-order chi connectivity index (χ1) is 12.5. The number of nitrogens with one attached hydrogen (secondary N) is 2. The van der Waals surface area contributed by atoms with E-state index in [0.29, 0.717) is 24.4 Å². The number of amides is 1. The summed E-state index contributed by atoms with van der Waals surface area (Å²) in [4.78, 5) is 12.3. The number of para-hydroxylation sites is 1. The number of ether oxygens (including phenoxy) is 1. The highest BCUT2D eigenvalue weighted by Gasteiger charge is 2.20. The highest BCUT2D eigenvalue weighted by molar-refractivity contribution is 7.92. The molecule has 0 aromatic heterocycles. The van der Waals surface area contributed by atoms with Crippen LogP contribution >= 0.6 is 0 Å². The average molecular weight is 374 g/mol. The van der Waals surface area contributed by atoms with Gasteiger partial charge >= 0.3 is 0 Å². The van der Waals surface area contributed by atoms with Crippen molar-refractivity contribution in [3.63, 3.8) is 0 Å². The van der Waals surface area contributed by atoms with Gasteiger partial charge in [0.2, 0.25) is 10.0 Å². The fraction of sp³-hybridized carbons (Fsp3) is 0.316. The van der Waals surface area contributed by atoms with Crippen LogP contribution in [-0.2, 0) is 16.4 Å². The Morgan fingerprint density at radius 2 is 1.88 bits per heavy atom. The fourth-order valence-corrected chi connectivity index (χ4v) is 3.44. The third-order valence-electron chi connectivity index (χ3n) is 4.31. The van der Waals surface area contributed by atoms with Crippen LogP contribution in [0.25, 0.3) is 0 Å². The average Bonchev–Trinajstić information content (AvgIpc) is 2.66. The van der Waals surface area contributed by atoms with E-state index < -0.39 is 10.0 Å². The summed E-state index contributed by atoms with van der Waals surface area (Å²) in [7, 11) is -3.32. The molecule has 2 aromatic carbocycles. The third kappa shape index (κ3) is 4.54. The van der Waals surface area contributed by atoms with Gasteiger partial charge in [0.1, 0.15) is 5.75 Å². The second-order valence-corrected chi connectivity index (χ2v) is 8.29. The fourth-order valence-electron chi connectivity index (χ4n) is 2.80. The van der Waals surface area contributed by atoms with Crippen molar-refractivity contribution in [1.82, 2.24) is 5.32 Å². The SMILES string of the molecule is CCS(=O)(=O)Nc1ccc(C(=O)NCC2COc3ccccc3C2)cc1. The zero-order valence-electron chi connectivity index (χ0n) is 14.6. The first kappa shape index (κ1) is 18.3. The molecule has 1 aliphatic rings. The van der Waals surface area contributed by atoms with Gasteiger partial charge in [0.05, 0.1) is 12.4 Å². The number of benzene rings is 2. The summed E-state index contributed by atoms with van der Waals surface area (Å²) in [5.41, 5.74) is 2.09. The van der Waals surface area contributed by atoms with Crippen molar-refractivity contribution in [2.45, 2.75) is 13.3 Å². The first-order valence-corrected chi connectivity index (χ1v) is 10.2. The molecular weight excluding hydrogens is 352 g/mol. The van der Waals surface area contributed by atoms with E-state index in [1.54, 1.807) is 31.2 Å². The van der Waals surface area contributed by atoms with E-state index in [9.17, 15) is 13.2 Å². The summed E-state index contributed by atoms with van der Waals surface area (Å²) in [6.07, 6.45) is 0.869. The third-order valence-corrected chi connectivity index (χ3v) is 5.61. The second kappa shape index (κ2) is 7.78. The number of hydrogen-bond acceptors (Lipinski definition) is 4. The molecule has 1 unspecified atom stereocenters. The maximum atomic E-state index is 12.3. The first-order valence-electron chi connectivity index (χ1n) is 8.56. The van der Waals surface area contributed by atoms with Crippen LogP contribution in [-0.4, -0.2) is 33.2 Å². The van der Waals surface area contributed by atoms with E-state index in [-0.39, 0.29) is 17.6 Å². The van der Waals surface area contributed by atoms with Crippen molar-refractivity contribution < 1.29 is 17.9 Å². The number of rotatable bonds is 6. The monoisotopic (exact) mass is 374 g/mol. The van der Waals surface area contributed by atoms with Crippen molar-refractivity contribution >= 4 is 21.6 Å². The van der Waals surface area contributed by atoms with Gasteiger partial charge in [0, 0.05) is 23.7 Å². The molecule has 1 heterocycles. The molecule has 138 valence electrons. The largest absolute Gasteiger partial charge is 0.493 e. The quantitative estimate of drug-likeness (QED) is 0.813. The van der Waals surface area contributed by atoms with E-state index in [1.807, 2.05) is 24.3 Å². The van der Waals surface area contributed by atoms with E-state index >= 15 is 0 Å². The van der Waals surface area contributed by atoms with Gasteiger partial charge in [-0.15, -0.1) is 0 Å². The normalized spacial score (nSPS) is 16.3. The lowest BCUT2D eigenvalue weighted by Gasteiger charge is -2.25. The molecule has 3 rings (SSSR count). The van der Waals surface area contributed by atoms with Crippen LogP contribution in [0.4, 0.5) is 5.69 Å². The van der Waals surface area contributed by atoms with Crippen LogP contribution < -0.4 is 14.8 Å². The summed E-state index contributed by atoms with van der Waals surface area (Å²) in [5.74, 6) is 0.959. The Bertz CT molecular complexity index is 879. The highest BCUT2D eigenvalue weighted by Crippen LogP contribution is 2.26. The number of carbonyl (C=O) groups excluding carboxylic acids is 1. The van der Waals surface area contributed by atoms with Crippen LogP contribution in [0.1, 0.15) is 22.8 Å². The van der Waals surface area contributed by atoms with Gasteiger partial charge in [0.25, 0.3) is 5.91 Å². The predicted molar refractivity (Wildman–Crippen MR) is 101 cm³/mol. The smallest absolute Gasteiger partial charge is 0.251 e. The van der Waals surface area contributed by atoms with Gasteiger partial charge in [-0.25, -0.2) is 8.42 Å². The summed E-state index contributed by atoms with van der Waals surface area (Å²) < 4.78 is 31.3. The minimum absolute atomic E-state index is 0.00181. The maximum absolute atomic E-state index is 12.3. The van der Waals surface area contributed by atoms with Crippen molar-refractivity contribution in [2.75, 3.05) is 23.6 Å². The number of fused-ring (bicyclic) bond motifs is 1. The van der Waals surface area contributed by atoms with Crippen LogP contribution in [0, 0.1) is 5.92 Å². The number of carbonyl (C=O) groups is 1. The molecule has 0 saturated heterocycles. The molecule has 1 aliphatic heterocycles. The van der Waals surface area contributed by atoms with Gasteiger partial charge in [-0.1, -0.05) is 18.2 Å². The van der Waals surface area contributed by atoms with Crippen molar-refractivity contribution in [1.29, 1.82) is 0 Å². The molecule has 0 saturated carbocycles. The van der Waals surface area contributed by atoms with Crippen LogP contribution in [0.3, 0.4) is 0 Å². The predicted octanol–water partition coefficient (Wildman–Crippen LogP) is 2.43. The van der Waals surface area contributed by atoms with Crippen LogP contribution in [0.5, 0.6) is 5.75 Å². The number of sulfonamides is 1. The van der Waals surface area contributed by atoms with Crippen molar-refractivity contribution in [2.24, 2.45) is 5.92 Å². The van der Waals surface area contributed by atoms with E-state index in [1.165, 1.54) is 0 Å². The lowest BCUT2D eigenvalue weighted by atomic mass is 9.96. The lowest BCUT2D eigenvalue weighted by molar-refractivity contribution is 0.0939. The van der Waals surface area contributed by atoms with Crippen molar-refractivity contribution in [3.05, 3.63) is 59.7 Å². The molecule has 7 heteroatoms. The van der Waals surface area contributed by atoms with Crippen molar-refractivity contribution in [3.8, 4) is 5.75 Å². The molecule has 0 aliphatic carbocycles. The molecule has 26 heavy (non-hydrogen) atoms. The van der Waals surface area contributed by atoms with E-state index in [0.717, 1.165) is 17.7 Å². The number of hydrogen-bond donors (Lipinski definition) is 2. The summed E-state index contributed by atoms with van der Waals surface area (Å²) in [6, 6.07) is 14.3. The Balaban J connectivity index is 1.54. The molecule has 2 N–H and O–H groups in total. The number of anilines is 1. The Kier molecular flexibility index (Phi) is 5.46. The minimum Gasteiger partial charge on any atom is -0.493 e. The molecule has 1 atom stereocenters. The Morgan fingerprint density at radius 3 is 2.62 bits per heavy atom. The minimum atomic E-state index is -3.32. The molecule has 6 nitrogen and oxygen atoms in total. The van der Waals surface area contributed by atoms with Crippen LogP contribution in [0.2, 0.25) is 0 Å². The van der Waals surface area contributed by atoms with Crippen LogP contribution in [0.15, 0.2) is 48.5 Å². The summed E-state index contributed by atoms with van der Waals surface area (Å²) in [6.45, 7) is 2.67. The Labute approximate surface area is 153 Å². The summed E-state index contributed by atoms with van der Waals surface area (Å²) in [5, 5.41) is 2.92. The lowest BCUT2D eigenvalue weighted by Crippen LogP contribution is -2.34. The summed E-state index contributed by atoms with van der Waals surface area (Å²) >= 11 is 0. The Morgan fingerprint density at radius 1 is 1.15 bits per heavy atom. The maximum Gasteiger partial charge on any atom is 0.251 e. The van der Waals surface area contributed by atoms with E-state index in [4.69, 9.17) is 4.74 Å².